The van der Waals surface area contributed by atoms with Crippen LogP contribution in [0.2, 0.25) is 0 Å². The van der Waals surface area contributed by atoms with Crippen LogP contribution < -0.4 is 10.1 Å². The van der Waals surface area contributed by atoms with Crippen LogP contribution in [0.5, 0.6) is 5.75 Å². The molecule has 110 valence electrons. The van der Waals surface area contributed by atoms with E-state index >= 15 is 0 Å². The number of amides is 1. The van der Waals surface area contributed by atoms with Crippen molar-refractivity contribution < 1.29 is 23.0 Å². The van der Waals surface area contributed by atoms with Gasteiger partial charge in [-0.2, -0.15) is 0 Å². The summed E-state index contributed by atoms with van der Waals surface area (Å²) in [5.41, 5.74) is 0.0816. The quantitative estimate of drug-likeness (QED) is 0.905. The largest absolute Gasteiger partial charge is 0.491 e. The third-order valence-corrected chi connectivity index (χ3v) is 3.20. The van der Waals surface area contributed by atoms with Crippen LogP contribution in [-0.4, -0.2) is 25.7 Å². The van der Waals surface area contributed by atoms with Crippen molar-refractivity contribution in [3.8, 4) is 5.75 Å². The SMILES string of the molecule is COc1c(F)cc(NC(=O)CCC2CCCO2)cc1F. The number of nitrogens with one attached hydrogen (secondary N) is 1. The maximum absolute atomic E-state index is 13.5. The van der Waals surface area contributed by atoms with Gasteiger partial charge in [-0.25, -0.2) is 8.78 Å². The molecule has 1 unspecified atom stereocenters. The second kappa shape index (κ2) is 6.65. The zero-order valence-corrected chi connectivity index (χ0v) is 11.2. The second-order valence-electron chi connectivity index (χ2n) is 4.70. The average Bonchev–Trinajstić information content (AvgIpc) is 2.89. The highest BCUT2D eigenvalue weighted by Crippen LogP contribution is 2.25. The molecule has 0 saturated carbocycles. The van der Waals surface area contributed by atoms with Crippen molar-refractivity contribution in [3.63, 3.8) is 0 Å². The lowest BCUT2D eigenvalue weighted by Gasteiger charge is -2.10. The highest BCUT2D eigenvalue weighted by atomic mass is 19.1. The molecule has 20 heavy (non-hydrogen) atoms. The molecule has 1 heterocycles. The van der Waals surface area contributed by atoms with E-state index in [2.05, 4.69) is 10.1 Å². The molecule has 6 heteroatoms. The molecule has 1 aromatic carbocycles. The van der Waals surface area contributed by atoms with Gasteiger partial charge in [-0.3, -0.25) is 4.79 Å². The Morgan fingerprint density at radius 1 is 1.45 bits per heavy atom. The zero-order valence-electron chi connectivity index (χ0n) is 11.2. The number of ether oxygens (including phenoxy) is 2. The highest BCUT2D eigenvalue weighted by Gasteiger charge is 2.17. The van der Waals surface area contributed by atoms with Gasteiger partial charge in [-0.1, -0.05) is 0 Å². The molecule has 4 nitrogen and oxygen atoms in total. The monoisotopic (exact) mass is 285 g/mol. The van der Waals surface area contributed by atoms with Gasteiger partial charge in [0.1, 0.15) is 0 Å². The molecular weight excluding hydrogens is 268 g/mol. The first-order valence-electron chi connectivity index (χ1n) is 6.54. The molecule has 1 saturated heterocycles. The number of anilines is 1. The summed E-state index contributed by atoms with van der Waals surface area (Å²) < 4.78 is 36.9. The minimum atomic E-state index is -0.845. The predicted molar refractivity (Wildman–Crippen MR) is 69.7 cm³/mol. The lowest BCUT2D eigenvalue weighted by molar-refractivity contribution is -0.116. The maximum Gasteiger partial charge on any atom is 0.224 e. The number of carbonyl (C=O) groups excluding carboxylic acids is 1. The Hall–Kier alpha value is -1.69. The molecule has 0 aromatic heterocycles. The second-order valence-corrected chi connectivity index (χ2v) is 4.70. The summed E-state index contributed by atoms with van der Waals surface area (Å²) in [6.45, 7) is 0.737. The van der Waals surface area contributed by atoms with Gasteiger partial charge >= 0.3 is 0 Å². The Morgan fingerprint density at radius 2 is 2.15 bits per heavy atom. The van der Waals surface area contributed by atoms with Crippen molar-refractivity contribution in [1.82, 2.24) is 0 Å². The van der Waals surface area contributed by atoms with Gasteiger partial charge in [0.15, 0.2) is 17.4 Å². The molecule has 1 atom stereocenters. The molecule has 0 bridgehead atoms. The van der Waals surface area contributed by atoms with Crippen molar-refractivity contribution in [2.75, 3.05) is 19.0 Å². The van der Waals surface area contributed by atoms with Crippen molar-refractivity contribution in [2.45, 2.75) is 31.8 Å². The standard InChI is InChI=1S/C14H17F2NO3/c1-19-14-11(15)7-9(8-12(14)16)17-13(18)5-4-10-3-2-6-20-10/h7-8,10H,2-6H2,1H3,(H,17,18). The molecule has 1 aliphatic rings. The van der Waals surface area contributed by atoms with E-state index in [1.54, 1.807) is 0 Å². The van der Waals surface area contributed by atoms with Crippen LogP contribution in [0.25, 0.3) is 0 Å². The molecule has 0 aliphatic carbocycles. The number of carbonyl (C=O) groups is 1. The van der Waals surface area contributed by atoms with E-state index in [0.29, 0.717) is 6.42 Å². The van der Waals surface area contributed by atoms with Gasteiger partial charge in [0.05, 0.1) is 13.2 Å². The van der Waals surface area contributed by atoms with E-state index in [9.17, 15) is 13.6 Å². The Balaban J connectivity index is 1.90. The van der Waals surface area contributed by atoms with Gasteiger partial charge in [0.25, 0.3) is 0 Å². The molecule has 1 N–H and O–H groups in total. The van der Waals surface area contributed by atoms with Crippen LogP contribution in [0.3, 0.4) is 0 Å². The average molecular weight is 285 g/mol. The minimum absolute atomic E-state index is 0.0816. The molecule has 1 amide bonds. The predicted octanol–water partition coefficient (Wildman–Crippen LogP) is 2.87. The van der Waals surface area contributed by atoms with Gasteiger partial charge in [0, 0.05) is 30.8 Å². The number of rotatable bonds is 5. The topological polar surface area (TPSA) is 47.6 Å². The highest BCUT2D eigenvalue weighted by molar-refractivity contribution is 5.90. The summed E-state index contributed by atoms with van der Waals surface area (Å²) in [6, 6.07) is 2.07. The van der Waals surface area contributed by atoms with E-state index in [1.165, 1.54) is 7.11 Å². The van der Waals surface area contributed by atoms with Crippen LogP contribution in [0, 0.1) is 11.6 Å². The summed E-state index contributed by atoms with van der Waals surface area (Å²) in [6.07, 6.45) is 2.97. The Morgan fingerprint density at radius 3 is 2.70 bits per heavy atom. The number of hydrogen-bond donors (Lipinski definition) is 1. The van der Waals surface area contributed by atoms with E-state index in [1.807, 2.05) is 0 Å². The van der Waals surface area contributed by atoms with Crippen molar-refractivity contribution in [2.24, 2.45) is 0 Å². The van der Waals surface area contributed by atoms with Gasteiger partial charge in [0.2, 0.25) is 5.91 Å². The van der Waals surface area contributed by atoms with Gasteiger partial charge in [-0.15, -0.1) is 0 Å². The fourth-order valence-corrected chi connectivity index (χ4v) is 2.21. The van der Waals surface area contributed by atoms with E-state index in [0.717, 1.165) is 31.6 Å². The van der Waals surface area contributed by atoms with Crippen molar-refractivity contribution in [1.29, 1.82) is 0 Å². The Bertz CT molecular complexity index is 464. The van der Waals surface area contributed by atoms with Gasteiger partial charge in [-0.05, 0) is 19.3 Å². The zero-order chi connectivity index (χ0) is 14.5. The molecule has 0 radical (unpaired) electrons. The Labute approximate surface area is 116 Å². The fourth-order valence-electron chi connectivity index (χ4n) is 2.21. The van der Waals surface area contributed by atoms with Crippen LogP contribution in [0.4, 0.5) is 14.5 Å². The molecule has 2 rings (SSSR count). The lowest BCUT2D eigenvalue weighted by atomic mass is 10.1. The number of benzene rings is 1. The number of hydrogen-bond acceptors (Lipinski definition) is 3. The molecule has 1 fully saturated rings. The number of methoxy groups -OCH3 is 1. The van der Waals surface area contributed by atoms with Crippen molar-refractivity contribution >= 4 is 11.6 Å². The summed E-state index contributed by atoms with van der Waals surface area (Å²) in [7, 11) is 1.18. The maximum atomic E-state index is 13.5. The number of halogens is 2. The van der Waals surface area contributed by atoms with Crippen LogP contribution >= 0.6 is 0 Å². The first-order valence-corrected chi connectivity index (χ1v) is 6.54. The molecule has 1 aliphatic heterocycles. The summed E-state index contributed by atoms with van der Waals surface area (Å²) in [5.74, 6) is -2.43. The first-order chi connectivity index (χ1) is 9.60. The molecule has 0 spiro atoms. The van der Waals surface area contributed by atoms with Crippen LogP contribution in [0.15, 0.2) is 12.1 Å². The summed E-state index contributed by atoms with van der Waals surface area (Å²) in [5, 5.41) is 2.47. The minimum Gasteiger partial charge on any atom is -0.491 e. The molecule has 1 aromatic rings. The van der Waals surface area contributed by atoms with E-state index < -0.39 is 17.4 Å². The normalized spacial score (nSPS) is 18.1. The smallest absolute Gasteiger partial charge is 0.224 e. The third-order valence-electron chi connectivity index (χ3n) is 3.20. The summed E-state index contributed by atoms with van der Waals surface area (Å²) >= 11 is 0. The van der Waals surface area contributed by atoms with E-state index in [-0.39, 0.29) is 24.1 Å². The van der Waals surface area contributed by atoms with Crippen LogP contribution in [0.1, 0.15) is 25.7 Å². The van der Waals surface area contributed by atoms with Crippen molar-refractivity contribution in [3.05, 3.63) is 23.8 Å². The molecular formula is C14H17F2NO3. The van der Waals surface area contributed by atoms with E-state index in [4.69, 9.17) is 4.74 Å². The fraction of sp³-hybridized carbons (Fsp3) is 0.500. The Kier molecular flexibility index (Phi) is 4.89. The summed E-state index contributed by atoms with van der Waals surface area (Å²) in [4.78, 5) is 11.7. The third kappa shape index (κ3) is 3.66. The van der Waals surface area contributed by atoms with Crippen LogP contribution in [-0.2, 0) is 9.53 Å². The first kappa shape index (κ1) is 14.7. The van der Waals surface area contributed by atoms with Gasteiger partial charge < -0.3 is 14.8 Å². The lowest BCUT2D eigenvalue weighted by Crippen LogP contribution is -2.15.